The fourth-order valence-corrected chi connectivity index (χ4v) is 1.95. The van der Waals surface area contributed by atoms with Crippen molar-refractivity contribution in [2.45, 2.75) is 0 Å². The minimum absolute atomic E-state index is 0.450. The zero-order valence-corrected chi connectivity index (χ0v) is 9.98. The minimum Gasteiger partial charge on any atom is -0.493 e. The molecule has 0 amide bonds. The summed E-state index contributed by atoms with van der Waals surface area (Å²) >= 11 is 0. The number of para-hydroxylation sites is 1. The van der Waals surface area contributed by atoms with Crippen LogP contribution in [0.5, 0.6) is 5.75 Å². The molecule has 3 rings (SSSR count). The highest BCUT2D eigenvalue weighted by atomic mass is 19.2. The summed E-state index contributed by atoms with van der Waals surface area (Å²) in [5, 5.41) is 4.59. The van der Waals surface area contributed by atoms with Crippen molar-refractivity contribution < 1.29 is 18.0 Å². The van der Waals surface area contributed by atoms with E-state index in [0.29, 0.717) is 28.0 Å². The zero-order chi connectivity index (χ0) is 13.4. The van der Waals surface area contributed by atoms with Crippen molar-refractivity contribution >= 4 is 11.0 Å². The Morgan fingerprint density at radius 2 is 1.95 bits per heavy atom. The van der Waals surface area contributed by atoms with Crippen LogP contribution < -0.4 is 4.74 Å². The number of aromatic nitrogens is 1. The average Bonchev–Trinajstić information content (AvgIpc) is 2.85. The van der Waals surface area contributed by atoms with Gasteiger partial charge in [0, 0.05) is 5.56 Å². The number of rotatable bonds is 2. The van der Waals surface area contributed by atoms with Crippen molar-refractivity contribution in [2.75, 3.05) is 7.11 Å². The Bertz CT molecular complexity index is 752. The molecule has 1 aromatic heterocycles. The molecule has 0 bridgehead atoms. The standard InChI is InChI=1S/C14H9F2NO2/c1-18-12-4-2-3-9-13(17-19-14(9)12)8-5-6-10(15)11(16)7-8/h2-7H,1H3. The minimum atomic E-state index is -0.920. The number of methoxy groups -OCH3 is 1. The van der Waals surface area contributed by atoms with Crippen LogP contribution in [-0.2, 0) is 0 Å². The molecule has 0 fully saturated rings. The molecule has 3 aromatic rings. The van der Waals surface area contributed by atoms with Gasteiger partial charge in [-0.25, -0.2) is 8.78 Å². The van der Waals surface area contributed by atoms with Gasteiger partial charge in [-0.05, 0) is 30.3 Å². The van der Waals surface area contributed by atoms with Gasteiger partial charge >= 0.3 is 0 Å². The summed E-state index contributed by atoms with van der Waals surface area (Å²) < 4.78 is 36.5. The molecule has 0 aliphatic rings. The number of ether oxygens (including phenoxy) is 1. The monoisotopic (exact) mass is 261 g/mol. The average molecular weight is 261 g/mol. The Morgan fingerprint density at radius 3 is 2.68 bits per heavy atom. The maximum absolute atomic E-state index is 13.3. The van der Waals surface area contributed by atoms with Gasteiger partial charge in [-0.15, -0.1) is 0 Å². The first kappa shape index (κ1) is 11.6. The summed E-state index contributed by atoms with van der Waals surface area (Å²) in [6.07, 6.45) is 0. The summed E-state index contributed by atoms with van der Waals surface area (Å²) in [5.74, 6) is -1.27. The lowest BCUT2D eigenvalue weighted by molar-refractivity contribution is 0.393. The van der Waals surface area contributed by atoms with E-state index in [9.17, 15) is 8.78 Å². The molecule has 19 heavy (non-hydrogen) atoms. The van der Waals surface area contributed by atoms with Crippen molar-refractivity contribution in [3.05, 3.63) is 48.0 Å². The number of halogens is 2. The molecule has 0 aliphatic heterocycles. The fraction of sp³-hybridized carbons (Fsp3) is 0.0714. The third-order valence-electron chi connectivity index (χ3n) is 2.88. The zero-order valence-electron chi connectivity index (χ0n) is 9.98. The van der Waals surface area contributed by atoms with Gasteiger partial charge in [0.25, 0.3) is 0 Å². The Balaban J connectivity index is 2.23. The van der Waals surface area contributed by atoms with E-state index in [-0.39, 0.29) is 0 Å². The molecule has 0 atom stereocenters. The molecular weight excluding hydrogens is 252 g/mol. The van der Waals surface area contributed by atoms with Crippen molar-refractivity contribution in [1.82, 2.24) is 5.16 Å². The highest BCUT2D eigenvalue weighted by Gasteiger charge is 2.15. The van der Waals surface area contributed by atoms with E-state index < -0.39 is 11.6 Å². The van der Waals surface area contributed by atoms with E-state index in [0.717, 1.165) is 12.1 Å². The van der Waals surface area contributed by atoms with Gasteiger partial charge < -0.3 is 9.26 Å². The normalized spacial score (nSPS) is 10.9. The molecule has 3 nitrogen and oxygen atoms in total. The molecule has 1 heterocycles. The first-order valence-electron chi connectivity index (χ1n) is 5.58. The highest BCUT2D eigenvalue weighted by molar-refractivity contribution is 5.94. The van der Waals surface area contributed by atoms with Crippen LogP contribution in [0.2, 0.25) is 0 Å². The van der Waals surface area contributed by atoms with Crippen LogP contribution in [-0.4, -0.2) is 12.3 Å². The number of nitrogens with zero attached hydrogens (tertiary/aromatic N) is 1. The smallest absolute Gasteiger partial charge is 0.209 e. The van der Waals surface area contributed by atoms with Crippen LogP contribution in [0, 0.1) is 11.6 Å². The quantitative estimate of drug-likeness (QED) is 0.704. The Hall–Kier alpha value is -2.43. The number of hydrogen-bond acceptors (Lipinski definition) is 3. The summed E-state index contributed by atoms with van der Waals surface area (Å²) in [6.45, 7) is 0. The van der Waals surface area contributed by atoms with Crippen molar-refractivity contribution in [3.8, 4) is 17.0 Å². The first-order chi connectivity index (χ1) is 9.20. The third-order valence-corrected chi connectivity index (χ3v) is 2.88. The van der Waals surface area contributed by atoms with Crippen LogP contribution in [0.1, 0.15) is 0 Å². The van der Waals surface area contributed by atoms with Crippen LogP contribution in [0.3, 0.4) is 0 Å². The number of fused-ring (bicyclic) bond motifs is 1. The third kappa shape index (κ3) is 1.83. The second-order valence-corrected chi connectivity index (χ2v) is 4.00. The van der Waals surface area contributed by atoms with E-state index >= 15 is 0 Å². The highest BCUT2D eigenvalue weighted by Crippen LogP contribution is 2.33. The van der Waals surface area contributed by atoms with E-state index in [1.807, 2.05) is 0 Å². The lowest BCUT2D eigenvalue weighted by atomic mass is 10.1. The van der Waals surface area contributed by atoms with Gasteiger partial charge in [0.05, 0.1) is 12.5 Å². The molecule has 5 heteroatoms. The summed E-state index contributed by atoms with van der Waals surface area (Å²) in [5.41, 5.74) is 1.38. The van der Waals surface area contributed by atoms with Gasteiger partial charge in [-0.2, -0.15) is 0 Å². The summed E-state index contributed by atoms with van der Waals surface area (Å²) in [7, 11) is 1.52. The van der Waals surface area contributed by atoms with E-state index in [2.05, 4.69) is 5.16 Å². The van der Waals surface area contributed by atoms with E-state index in [4.69, 9.17) is 9.26 Å². The second-order valence-electron chi connectivity index (χ2n) is 4.00. The van der Waals surface area contributed by atoms with Crippen LogP contribution >= 0.6 is 0 Å². The molecule has 96 valence electrons. The van der Waals surface area contributed by atoms with Gasteiger partial charge in [0.1, 0.15) is 5.69 Å². The Labute approximate surface area is 107 Å². The van der Waals surface area contributed by atoms with Crippen molar-refractivity contribution in [2.24, 2.45) is 0 Å². The lowest BCUT2D eigenvalue weighted by Gasteiger charge is -2.00. The predicted octanol–water partition coefficient (Wildman–Crippen LogP) is 3.78. The predicted molar refractivity (Wildman–Crippen MR) is 65.9 cm³/mol. The molecule has 0 saturated carbocycles. The van der Waals surface area contributed by atoms with Gasteiger partial charge in [0.2, 0.25) is 5.58 Å². The molecular formula is C14H9F2NO2. The Morgan fingerprint density at radius 1 is 1.11 bits per heavy atom. The van der Waals surface area contributed by atoms with Crippen molar-refractivity contribution in [3.63, 3.8) is 0 Å². The molecule has 0 radical (unpaired) electrons. The summed E-state index contributed by atoms with van der Waals surface area (Å²) in [6, 6.07) is 8.90. The summed E-state index contributed by atoms with van der Waals surface area (Å²) in [4.78, 5) is 0. The molecule has 0 saturated heterocycles. The van der Waals surface area contributed by atoms with Crippen LogP contribution in [0.4, 0.5) is 8.78 Å². The molecule has 2 aromatic carbocycles. The molecule has 0 N–H and O–H groups in total. The maximum Gasteiger partial charge on any atom is 0.209 e. The van der Waals surface area contributed by atoms with Gasteiger partial charge in [-0.3, -0.25) is 0 Å². The SMILES string of the molecule is COc1cccc2c(-c3ccc(F)c(F)c3)noc12. The topological polar surface area (TPSA) is 35.3 Å². The van der Waals surface area contributed by atoms with Gasteiger partial charge in [0.15, 0.2) is 17.4 Å². The first-order valence-corrected chi connectivity index (χ1v) is 5.58. The maximum atomic E-state index is 13.3. The molecule has 0 spiro atoms. The number of hydrogen-bond donors (Lipinski definition) is 0. The van der Waals surface area contributed by atoms with Crippen molar-refractivity contribution in [1.29, 1.82) is 0 Å². The Kier molecular flexibility index (Phi) is 2.67. The number of benzene rings is 2. The van der Waals surface area contributed by atoms with E-state index in [1.54, 1.807) is 18.2 Å². The van der Waals surface area contributed by atoms with Gasteiger partial charge in [-0.1, -0.05) is 11.2 Å². The second kappa shape index (κ2) is 4.35. The molecule has 0 aliphatic carbocycles. The molecule has 0 unspecified atom stereocenters. The van der Waals surface area contributed by atoms with Crippen LogP contribution in [0.25, 0.3) is 22.2 Å². The largest absolute Gasteiger partial charge is 0.493 e. The fourth-order valence-electron chi connectivity index (χ4n) is 1.95. The van der Waals surface area contributed by atoms with Crippen LogP contribution in [0.15, 0.2) is 40.9 Å². The van der Waals surface area contributed by atoms with E-state index in [1.165, 1.54) is 13.2 Å². The lowest BCUT2D eigenvalue weighted by Crippen LogP contribution is -1.86.